The summed E-state index contributed by atoms with van der Waals surface area (Å²) in [6, 6.07) is 68.3. The minimum Gasteiger partial charge on any atom is -0.399 e. The lowest BCUT2D eigenvalue weighted by Gasteiger charge is -2.15. The number of rotatable bonds is 20. The molecule has 0 fully saturated rings. The van der Waals surface area contributed by atoms with Crippen molar-refractivity contribution < 1.29 is 57.6 Å². The number of nitrogens with one attached hydrogen (secondary N) is 7. The van der Waals surface area contributed by atoms with Gasteiger partial charge in [-0.05, 0) is 235 Å². The first-order valence-corrected chi connectivity index (χ1v) is 46.8. The molecule has 0 aliphatic carbocycles. The Morgan fingerprint density at radius 3 is 1.00 bits per heavy atom. The topological polar surface area (TPSA) is 396 Å². The molecular weight excluding hydrogens is 2060 g/mol. The standard InChI is InChI=1S/C23H14BrF6N5O.C21H14BrCl2N5O.C21H17ClN4O2S.C15H13N5O.C14H14N5O2PS.CH4/c24-16-1-3-18(4-2-16)35-20(12-19(34-35)13-5-7-31-8-6-13)33-21(36)32-17-10-14(22(25,26)27)9-15(11-17)23(28,29)30;22-14-1-3-18(4-2-14)29-20(12-19(28-29)13-5-7-25-8-6-13)27-21(30)26-17-10-15(23)9-16(24)11-17;1-15-2-8-19(9-3-15)29(27,28)25-21-14-20(16-10-12-23-13-11-16)24-26(21)18-6-4-17(22)5-7-18;1-11(21)18-15-10-14(12-2-6-16-7-3-12)19-20(15)13-4-8-17-9-5-13;15-11-1-3-12(4-2-11)23(20,21)18-14-9-13(17-19(14)22)10-5-7-16-8-6-10;/h1-12H,(H2,32,33,36);1-12H,(H2,26,27,30);2-14,25H,1H3;2-10H,1H3,(H,18,21);1-9,18H,15,22H2;1H4. The maximum atomic E-state index is 13.1. The third-order valence-corrected chi connectivity index (χ3v) is 24.2. The molecule has 31 nitrogen and oxygen atoms in total. The number of anilines is 8. The molecule has 7 aromatic carbocycles. The van der Waals surface area contributed by atoms with Gasteiger partial charge in [0.2, 0.25) is 5.91 Å². The van der Waals surface area contributed by atoms with Crippen LogP contribution in [0.3, 0.4) is 0 Å². The molecular formula is C95H76Br2Cl3F6N24O7PS2. The van der Waals surface area contributed by atoms with Crippen molar-refractivity contribution in [2.24, 2.45) is 0 Å². The Morgan fingerprint density at radius 1 is 0.350 bits per heavy atom. The Labute approximate surface area is 830 Å². The summed E-state index contributed by atoms with van der Waals surface area (Å²) >= 11 is 24.7. The van der Waals surface area contributed by atoms with E-state index < -0.39 is 61.3 Å². The second kappa shape index (κ2) is 45.7. The first kappa shape index (κ1) is 102. The quantitative estimate of drug-likeness (QED) is 0.0200. The smallest absolute Gasteiger partial charge is 0.399 e. The third kappa shape index (κ3) is 27.6. The number of urea groups is 2. The van der Waals surface area contributed by atoms with Gasteiger partial charge in [-0.3, -0.25) is 54.8 Å². The van der Waals surface area contributed by atoms with Gasteiger partial charge in [0.15, 0.2) is 0 Å². The number of nitrogens with two attached hydrogens (primary N) is 1. The van der Waals surface area contributed by atoms with Gasteiger partial charge in [0.25, 0.3) is 20.0 Å². The number of nitrogen functional groups attached to an aromatic ring is 1. The number of aryl methyl sites for hydroxylation is 1. The Morgan fingerprint density at radius 2 is 0.643 bits per heavy atom. The molecule has 9 N–H and O–H groups in total. The van der Waals surface area contributed by atoms with E-state index in [4.69, 9.17) is 40.5 Å². The number of hydrogen-bond acceptors (Lipinski definition) is 19. The van der Waals surface area contributed by atoms with Crippen molar-refractivity contribution in [2.45, 2.75) is 43.4 Å². The molecule has 45 heteroatoms. The van der Waals surface area contributed by atoms with E-state index in [0.717, 1.165) is 53.8 Å². The number of carbonyl (C=O) groups excluding carboxylic acids is 3. The predicted octanol–water partition coefficient (Wildman–Crippen LogP) is 23.6. The summed E-state index contributed by atoms with van der Waals surface area (Å²) in [5.41, 5.74) is 13.9. The fourth-order valence-corrected chi connectivity index (χ4v) is 16.4. The van der Waals surface area contributed by atoms with Crippen molar-refractivity contribution in [3.05, 3.63) is 376 Å². The van der Waals surface area contributed by atoms with Crippen LogP contribution in [-0.4, -0.2) is 113 Å². The number of halogens is 11. The number of carbonyl (C=O) groups is 3. The molecule has 5 amide bonds. The Hall–Kier alpha value is -15.4. The molecule has 0 aliphatic rings. The summed E-state index contributed by atoms with van der Waals surface area (Å²) in [5, 5.41) is 36.8. The molecule has 140 heavy (non-hydrogen) atoms. The van der Waals surface area contributed by atoms with Gasteiger partial charge in [-0.2, -0.15) is 51.8 Å². The van der Waals surface area contributed by atoms with Crippen LogP contribution in [0.1, 0.15) is 31.0 Å². The van der Waals surface area contributed by atoms with Gasteiger partial charge in [0.05, 0.1) is 72.1 Å². The van der Waals surface area contributed by atoms with Crippen LogP contribution >= 0.6 is 76.1 Å². The summed E-state index contributed by atoms with van der Waals surface area (Å²) in [6.07, 6.45) is 9.76. The van der Waals surface area contributed by atoms with E-state index in [1.807, 2.05) is 91.1 Å². The van der Waals surface area contributed by atoms with Gasteiger partial charge in [0.1, 0.15) is 29.1 Å². The lowest BCUT2D eigenvalue weighted by molar-refractivity contribution is -0.143. The molecule has 0 aliphatic heterocycles. The highest BCUT2D eigenvalue weighted by Gasteiger charge is 2.38. The molecule has 11 heterocycles. The number of sulfonamides is 2. The molecule has 0 radical (unpaired) electrons. The van der Waals surface area contributed by atoms with Crippen LogP contribution in [0.25, 0.3) is 79.0 Å². The van der Waals surface area contributed by atoms with Gasteiger partial charge in [0, 0.05) is 181 Å². The number of alkyl halides is 6. The minimum atomic E-state index is -5.05. The molecule has 0 spiro atoms. The molecule has 0 bridgehead atoms. The van der Waals surface area contributed by atoms with E-state index in [1.165, 1.54) is 51.1 Å². The van der Waals surface area contributed by atoms with Crippen molar-refractivity contribution in [1.29, 1.82) is 0 Å². The summed E-state index contributed by atoms with van der Waals surface area (Å²) in [5.74, 6) is 1.73. The Bertz CT molecular complexity index is 7530. The number of nitrogens with zero attached hydrogens (tertiary/aromatic N) is 16. The second-order valence-electron chi connectivity index (χ2n) is 29.4. The van der Waals surface area contributed by atoms with Crippen LogP contribution in [0.2, 0.25) is 15.1 Å². The van der Waals surface area contributed by atoms with E-state index in [9.17, 15) is 57.6 Å². The molecule has 0 saturated heterocycles. The van der Waals surface area contributed by atoms with Crippen molar-refractivity contribution >= 4 is 160 Å². The molecule has 1 atom stereocenters. The van der Waals surface area contributed by atoms with E-state index in [1.54, 1.807) is 217 Å². The normalized spacial score (nSPS) is 11.1. The Balaban J connectivity index is 0.000000149. The Kier molecular flexibility index (Phi) is 33.3. The van der Waals surface area contributed by atoms with E-state index in [-0.39, 0.29) is 35.0 Å². The first-order chi connectivity index (χ1) is 66.5. The zero-order valence-electron chi connectivity index (χ0n) is 71.9. The van der Waals surface area contributed by atoms with E-state index in [0.29, 0.717) is 102 Å². The summed E-state index contributed by atoms with van der Waals surface area (Å²) < 4.78 is 144. The van der Waals surface area contributed by atoms with Crippen LogP contribution in [0.5, 0.6) is 0 Å². The number of amides is 5. The number of aromatic nitrogens is 16. The van der Waals surface area contributed by atoms with Crippen molar-refractivity contribution in [3.8, 4) is 79.0 Å². The molecule has 1 unspecified atom stereocenters. The summed E-state index contributed by atoms with van der Waals surface area (Å²) in [6.45, 7) is 3.37. The lowest BCUT2D eigenvalue weighted by atomic mass is 10.1. The van der Waals surface area contributed by atoms with Crippen molar-refractivity contribution in [3.63, 3.8) is 0 Å². The fraction of sp³-hybridized carbons (Fsp3) is 0.0526. The second-order valence-corrected chi connectivity index (χ2v) is 36.4. The van der Waals surface area contributed by atoms with Crippen LogP contribution in [-0.2, 0) is 37.2 Å². The van der Waals surface area contributed by atoms with Crippen LogP contribution in [0, 0.1) is 6.92 Å². The summed E-state index contributed by atoms with van der Waals surface area (Å²) in [7, 11) is -5.15. The van der Waals surface area contributed by atoms with Crippen molar-refractivity contribution in [2.75, 3.05) is 41.8 Å². The summed E-state index contributed by atoms with van der Waals surface area (Å²) in [4.78, 5) is 60.8. The first-order valence-electron chi connectivity index (χ1n) is 40.6. The number of benzene rings is 7. The number of hydrogen-bond donors (Lipinski definition) is 8. The van der Waals surface area contributed by atoms with Gasteiger partial charge in [-0.25, -0.2) is 49.6 Å². The fourth-order valence-electron chi connectivity index (χ4n) is 12.8. The molecule has 0 saturated carbocycles. The maximum absolute atomic E-state index is 13.1. The highest BCUT2D eigenvalue weighted by atomic mass is 79.9. The lowest BCUT2D eigenvalue weighted by Crippen LogP contribution is -2.22. The van der Waals surface area contributed by atoms with E-state index in [2.05, 4.69) is 127 Å². The van der Waals surface area contributed by atoms with Gasteiger partial charge in [-0.15, -0.1) is 0 Å². The van der Waals surface area contributed by atoms with Gasteiger partial charge < -0.3 is 21.7 Å². The monoisotopic (exact) mass is 2140 g/mol. The number of pyridine rings is 6. The molecule has 18 rings (SSSR count). The molecule has 712 valence electrons. The molecule has 11 aromatic heterocycles. The van der Waals surface area contributed by atoms with E-state index >= 15 is 0 Å². The van der Waals surface area contributed by atoms with Crippen LogP contribution in [0.15, 0.2) is 354 Å². The highest BCUT2D eigenvalue weighted by Crippen LogP contribution is 2.40. The maximum Gasteiger partial charge on any atom is 0.416 e. The molecule has 18 aromatic rings. The predicted molar refractivity (Wildman–Crippen MR) is 539 cm³/mol. The van der Waals surface area contributed by atoms with Crippen molar-refractivity contribution in [1.82, 2.24) is 78.6 Å². The average Bonchev–Trinajstić information content (AvgIpc) is 1.60. The largest absolute Gasteiger partial charge is 0.416 e. The van der Waals surface area contributed by atoms with Gasteiger partial charge >= 0.3 is 24.4 Å². The highest BCUT2D eigenvalue weighted by molar-refractivity contribution is 9.10. The average molecular weight is 2140 g/mol. The third-order valence-electron chi connectivity index (χ3n) is 19.3. The van der Waals surface area contributed by atoms with Crippen LogP contribution < -0.4 is 41.8 Å². The van der Waals surface area contributed by atoms with Crippen LogP contribution in [0.4, 0.5) is 82.1 Å². The van der Waals surface area contributed by atoms with Gasteiger partial charge in [-0.1, -0.05) is 91.8 Å². The zero-order valence-corrected chi connectivity index (χ0v) is 80.1. The zero-order chi connectivity index (χ0) is 98.7. The minimum absolute atomic E-state index is 0. The SMILES string of the molecule is C.CC(=O)Nc1cc(-c2ccncc2)nn1-c1ccncc1.Cc1ccc(S(=O)(=O)Nc2cc(-c3ccncc3)nn2-c2ccc(Cl)cc2)cc1.Nc1ccc(S(=O)(=O)Nc2cc(-c3ccncc3)nn2P)cc1.O=C(Nc1cc(C(F)(F)F)cc(C(F)(F)F)c1)Nc1cc(-c2ccncc2)nn1-c1ccc(Br)cc1.O=C(Nc1cc(Cl)cc(Cl)c1)Nc1cc(-c2ccncc2)nn1-c1ccc(Br)cc1.